The summed E-state index contributed by atoms with van der Waals surface area (Å²) in [6.07, 6.45) is 3.75. The lowest BCUT2D eigenvalue weighted by atomic mass is 10.3. The number of aryl methyl sites for hydroxylation is 1. The molecule has 0 aromatic carbocycles. The van der Waals surface area contributed by atoms with Crippen LogP contribution in [0.3, 0.4) is 0 Å². The molecule has 0 saturated heterocycles. The van der Waals surface area contributed by atoms with Crippen LogP contribution in [0.1, 0.15) is 24.6 Å². The Morgan fingerprint density at radius 2 is 2.24 bits per heavy atom. The fourth-order valence-electron chi connectivity index (χ4n) is 1.61. The van der Waals surface area contributed by atoms with Gasteiger partial charge < -0.3 is 9.73 Å². The van der Waals surface area contributed by atoms with Crippen LogP contribution in [0.2, 0.25) is 0 Å². The molecule has 2 rings (SSSR count). The molecule has 2 heterocycles. The van der Waals surface area contributed by atoms with E-state index >= 15 is 0 Å². The number of aromatic nitrogens is 1. The van der Waals surface area contributed by atoms with E-state index in [-0.39, 0.29) is 0 Å². The molecule has 0 aliphatic carbocycles. The SMILES string of the molecule is CCNCCc1ncc(-c2ccc(CC)s2)o1. The smallest absolute Gasteiger partial charge is 0.196 e. The Balaban J connectivity index is 2.02. The molecular weight excluding hydrogens is 232 g/mol. The number of oxazole rings is 1. The maximum Gasteiger partial charge on any atom is 0.196 e. The predicted octanol–water partition coefficient (Wildman–Crippen LogP) is 3.12. The quantitative estimate of drug-likeness (QED) is 0.800. The van der Waals surface area contributed by atoms with Crippen molar-refractivity contribution in [3.8, 4) is 10.6 Å². The van der Waals surface area contributed by atoms with E-state index in [1.54, 1.807) is 11.3 Å². The zero-order chi connectivity index (χ0) is 12.1. The highest BCUT2D eigenvalue weighted by molar-refractivity contribution is 7.15. The van der Waals surface area contributed by atoms with Gasteiger partial charge >= 0.3 is 0 Å². The van der Waals surface area contributed by atoms with Gasteiger partial charge in [0.15, 0.2) is 11.7 Å². The van der Waals surface area contributed by atoms with Crippen LogP contribution < -0.4 is 5.32 Å². The van der Waals surface area contributed by atoms with Crippen molar-refractivity contribution in [1.82, 2.24) is 10.3 Å². The third kappa shape index (κ3) is 3.17. The van der Waals surface area contributed by atoms with Gasteiger partial charge in [0.2, 0.25) is 0 Å². The zero-order valence-electron chi connectivity index (χ0n) is 10.3. The lowest BCUT2D eigenvalue weighted by Crippen LogP contribution is -2.16. The summed E-state index contributed by atoms with van der Waals surface area (Å²) in [5.74, 6) is 1.70. The van der Waals surface area contributed by atoms with Crippen LogP contribution in [0.15, 0.2) is 22.7 Å². The molecule has 2 aromatic heterocycles. The van der Waals surface area contributed by atoms with Gasteiger partial charge in [-0.15, -0.1) is 11.3 Å². The molecule has 0 amide bonds. The molecule has 0 aliphatic heterocycles. The molecule has 0 radical (unpaired) electrons. The molecule has 0 fully saturated rings. The minimum atomic E-state index is 0.812. The molecule has 17 heavy (non-hydrogen) atoms. The van der Waals surface area contributed by atoms with Crippen molar-refractivity contribution in [2.75, 3.05) is 13.1 Å². The van der Waals surface area contributed by atoms with Crippen molar-refractivity contribution in [2.45, 2.75) is 26.7 Å². The average molecular weight is 250 g/mol. The lowest BCUT2D eigenvalue weighted by molar-refractivity contribution is 0.498. The van der Waals surface area contributed by atoms with E-state index in [1.165, 1.54) is 9.75 Å². The molecule has 0 unspecified atom stereocenters. The minimum Gasteiger partial charge on any atom is -0.440 e. The Kier molecular flexibility index (Phi) is 4.34. The number of hydrogen-bond acceptors (Lipinski definition) is 4. The number of nitrogens with zero attached hydrogens (tertiary/aromatic N) is 1. The monoisotopic (exact) mass is 250 g/mol. The van der Waals surface area contributed by atoms with E-state index in [1.807, 2.05) is 6.20 Å². The van der Waals surface area contributed by atoms with Crippen molar-refractivity contribution >= 4 is 11.3 Å². The summed E-state index contributed by atoms with van der Waals surface area (Å²) in [4.78, 5) is 6.85. The summed E-state index contributed by atoms with van der Waals surface area (Å²) < 4.78 is 5.73. The average Bonchev–Trinajstić information content (AvgIpc) is 2.97. The standard InChI is InChI=1S/C13H18N2OS/c1-3-10-5-6-12(17-10)11-9-15-13(16-11)7-8-14-4-2/h5-6,9,14H,3-4,7-8H2,1-2H3. The summed E-state index contributed by atoms with van der Waals surface area (Å²) in [6.45, 7) is 6.16. The van der Waals surface area contributed by atoms with Gasteiger partial charge in [0.05, 0.1) is 11.1 Å². The summed E-state index contributed by atoms with van der Waals surface area (Å²) in [5.41, 5.74) is 0. The molecule has 0 aliphatic rings. The first-order valence-corrected chi connectivity index (χ1v) is 6.89. The number of thiophene rings is 1. The van der Waals surface area contributed by atoms with Crippen LogP contribution in [0, 0.1) is 0 Å². The Morgan fingerprint density at radius 3 is 2.94 bits per heavy atom. The largest absolute Gasteiger partial charge is 0.440 e. The second kappa shape index (κ2) is 5.98. The molecule has 1 N–H and O–H groups in total. The highest BCUT2D eigenvalue weighted by atomic mass is 32.1. The van der Waals surface area contributed by atoms with Crippen LogP contribution in [-0.4, -0.2) is 18.1 Å². The van der Waals surface area contributed by atoms with Crippen LogP contribution in [0.5, 0.6) is 0 Å². The molecule has 4 heteroatoms. The molecule has 0 atom stereocenters. The van der Waals surface area contributed by atoms with Crippen LogP contribution in [0.4, 0.5) is 0 Å². The summed E-state index contributed by atoms with van der Waals surface area (Å²) in [6, 6.07) is 4.26. The molecule has 0 spiro atoms. The van der Waals surface area contributed by atoms with E-state index in [2.05, 4.69) is 36.3 Å². The minimum absolute atomic E-state index is 0.812. The molecule has 0 saturated carbocycles. The highest BCUT2D eigenvalue weighted by Crippen LogP contribution is 2.28. The van der Waals surface area contributed by atoms with Gasteiger partial charge in [-0.3, -0.25) is 0 Å². The van der Waals surface area contributed by atoms with Gasteiger partial charge in [0.1, 0.15) is 0 Å². The molecule has 0 bridgehead atoms. The molecule has 92 valence electrons. The van der Waals surface area contributed by atoms with Crippen molar-refractivity contribution in [3.05, 3.63) is 29.1 Å². The van der Waals surface area contributed by atoms with Crippen LogP contribution in [-0.2, 0) is 12.8 Å². The van der Waals surface area contributed by atoms with E-state index < -0.39 is 0 Å². The summed E-state index contributed by atoms with van der Waals surface area (Å²) in [7, 11) is 0. The Hall–Kier alpha value is -1.13. The molecule has 3 nitrogen and oxygen atoms in total. The van der Waals surface area contributed by atoms with Crippen molar-refractivity contribution < 1.29 is 4.42 Å². The van der Waals surface area contributed by atoms with E-state index in [9.17, 15) is 0 Å². The second-order valence-electron chi connectivity index (χ2n) is 3.84. The van der Waals surface area contributed by atoms with Gasteiger partial charge in [-0.05, 0) is 25.1 Å². The highest BCUT2D eigenvalue weighted by Gasteiger charge is 2.08. The number of rotatable bonds is 6. The zero-order valence-corrected chi connectivity index (χ0v) is 11.1. The van der Waals surface area contributed by atoms with Crippen LogP contribution >= 0.6 is 11.3 Å². The predicted molar refractivity (Wildman–Crippen MR) is 71.4 cm³/mol. The number of likely N-dealkylation sites (N-methyl/N-ethyl adjacent to an activating group) is 1. The maximum absolute atomic E-state index is 5.73. The summed E-state index contributed by atoms with van der Waals surface area (Å²) >= 11 is 1.78. The lowest BCUT2D eigenvalue weighted by Gasteiger charge is -1.96. The maximum atomic E-state index is 5.73. The van der Waals surface area contributed by atoms with E-state index in [0.717, 1.165) is 37.6 Å². The van der Waals surface area contributed by atoms with Gasteiger partial charge in [0, 0.05) is 17.8 Å². The second-order valence-corrected chi connectivity index (χ2v) is 5.01. The van der Waals surface area contributed by atoms with E-state index in [0.29, 0.717) is 0 Å². The first kappa shape index (κ1) is 12.3. The third-order valence-corrected chi connectivity index (χ3v) is 3.82. The third-order valence-electron chi connectivity index (χ3n) is 2.57. The van der Waals surface area contributed by atoms with Crippen molar-refractivity contribution in [3.63, 3.8) is 0 Å². The van der Waals surface area contributed by atoms with Crippen LogP contribution in [0.25, 0.3) is 10.6 Å². The Bertz CT molecular complexity index is 461. The van der Waals surface area contributed by atoms with Crippen molar-refractivity contribution in [1.29, 1.82) is 0 Å². The first-order chi connectivity index (χ1) is 8.33. The summed E-state index contributed by atoms with van der Waals surface area (Å²) in [5, 5.41) is 3.26. The van der Waals surface area contributed by atoms with Gasteiger partial charge in [0.25, 0.3) is 0 Å². The van der Waals surface area contributed by atoms with Crippen molar-refractivity contribution in [2.24, 2.45) is 0 Å². The Labute approximate surface area is 106 Å². The fourth-order valence-corrected chi connectivity index (χ4v) is 2.51. The number of hydrogen-bond donors (Lipinski definition) is 1. The topological polar surface area (TPSA) is 38.1 Å². The normalized spacial score (nSPS) is 10.9. The van der Waals surface area contributed by atoms with Gasteiger partial charge in [-0.2, -0.15) is 0 Å². The van der Waals surface area contributed by atoms with E-state index in [4.69, 9.17) is 4.42 Å². The van der Waals surface area contributed by atoms with Gasteiger partial charge in [-0.1, -0.05) is 13.8 Å². The first-order valence-electron chi connectivity index (χ1n) is 6.08. The Morgan fingerprint density at radius 1 is 1.35 bits per heavy atom. The fraction of sp³-hybridized carbons (Fsp3) is 0.462. The molecular formula is C13H18N2OS. The molecule has 2 aromatic rings. The number of nitrogens with one attached hydrogen (secondary N) is 1. The van der Waals surface area contributed by atoms with Gasteiger partial charge in [-0.25, -0.2) is 4.98 Å².